The summed E-state index contributed by atoms with van der Waals surface area (Å²) in [5.41, 5.74) is 2.82. The maximum Gasteiger partial charge on any atom is 0.337 e. The van der Waals surface area contributed by atoms with Gasteiger partial charge in [-0.2, -0.15) is 11.3 Å². The Morgan fingerprint density at radius 2 is 2.06 bits per heavy atom. The molecule has 0 spiro atoms. The number of carbonyl (C=O) groups excluding carboxylic acids is 1. The van der Waals surface area contributed by atoms with Crippen LogP contribution in [0, 0.1) is 0 Å². The second-order valence-electron chi connectivity index (χ2n) is 3.55. The minimum atomic E-state index is -0.303. The number of esters is 1. The quantitative estimate of drug-likeness (QED) is 0.843. The first-order valence-corrected chi connectivity index (χ1v) is 6.17. The molecule has 0 aliphatic rings. The van der Waals surface area contributed by atoms with Gasteiger partial charge in [0.1, 0.15) is 0 Å². The lowest BCUT2D eigenvalue weighted by Gasteiger charge is -2.05. The summed E-state index contributed by atoms with van der Waals surface area (Å²) < 4.78 is 4.64. The Morgan fingerprint density at radius 3 is 2.65 bits per heavy atom. The molecule has 17 heavy (non-hydrogen) atoms. The first-order valence-electron chi connectivity index (χ1n) is 5.23. The number of hydrogen-bond acceptors (Lipinski definition) is 4. The number of carbonyl (C=O) groups is 1. The van der Waals surface area contributed by atoms with E-state index in [9.17, 15) is 4.79 Å². The van der Waals surface area contributed by atoms with E-state index in [2.05, 4.69) is 15.4 Å². The van der Waals surface area contributed by atoms with Crippen LogP contribution in [-0.4, -0.2) is 13.1 Å². The van der Waals surface area contributed by atoms with E-state index in [4.69, 9.17) is 0 Å². The second kappa shape index (κ2) is 5.50. The van der Waals surface area contributed by atoms with Gasteiger partial charge in [0.05, 0.1) is 12.7 Å². The van der Waals surface area contributed by atoms with E-state index in [0.717, 1.165) is 17.8 Å². The molecular formula is C13H13NO2S. The summed E-state index contributed by atoms with van der Waals surface area (Å²) >= 11 is 1.66. The van der Waals surface area contributed by atoms with Crippen LogP contribution in [0.1, 0.15) is 15.9 Å². The van der Waals surface area contributed by atoms with E-state index in [-0.39, 0.29) is 5.97 Å². The summed E-state index contributed by atoms with van der Waals surface area (Å²) in [6, 6.07) is 9.43. The average Bonchev–Trinajstić information content (AvgIpc) is 2.89. The van der Waals surface area contributed by atoms with Crippen LogP contribution in [-0.2, 0) is 11.3 Å². The Labute approximate surface area is 104 Å². The van der Waals surface area contributed by atoms with Crippen molar-refractivity contribution in [3.8, 4) is 0 Å². The van der Waals surface area contributed by atoms with Crippen LogP contribution in [0.25, 0.3) is 0 Å². The molecule has 1 aromatic carbocycles. The molecule has 0 atom stereocenters. The van der Waals surface area contributed by atoms with Gasteiger partial charge in [0.15, 0.2) is 0 Å². The number of methoxy groups -OCH3 is 1. The van der Waals surface area contributed by atoms with Crippen molar-refractivity contribution in [1.29, 1.82) is 0 Å². The Balaban J connectivity index is 1.96. The normalized spacial score (nSPS) is 9.94. The summed E-state index contributed by atoms with van der Waals surface area (Å²) in [5, 5.41) is 7.39. The van der Waals surface area contributed by atoms with Crippen LogP contribution in [0.15, 0.2) is 41.1 Å². The lowest BCUT2D eigenvalue weighted by Crippen LogP contribution is -2.02. The van der Waals surface area contributed by atoms with E-state index < -0.39 is 0 Å². The first kappa shape index (κ1) is 11.7. The number of anilines is 1. The number of nitrogens with one attached hydrogen (secondary N) is 1. The van der Waals surface area contributed by atoms with Gasteiger partial charge in [-0.3, -0.25) is 0 Å². The standard InChI is InChI=1S/C13H13NO2S/c1-16-13(15)11-4-2-10(3-5-11)8-14-12-6-7-17-9-12/h2-7,9,14H,8H2,1H3. The third-order valence-electron chi connectivity index (χ3n) is 2.39. The highest BCUT2D eigenvalue weighted by Crippen LogP contribution is 2.13. The van der Waals surface area contributed by atoms with Crippen LogP contribution in [0.5, 0.6) is 0 Å². The summed E-state index contributed by atoms with van der Waals surface area (Å²) in [6.45, 7) is 0.748. The lowest BCUT2D eigenvalue weighted by atomic mass is 10.1. The first-order chi connectivity index (χ1) is 8.29. The number of ether oxygens (including phenoxy) is 1. The van der Waals surface area contributed by atoms with Gasteiger partial charge in [-0.1, -0.05) is 12.1 Å². The molecule has 3 nitrogen and oxygen atoms in total. The van der Waals surface area contributed by atoms with Gasteiger partial charge in [-0.05, 0) is 29.1 Å². The summed E-state index contributed by atoms with van der Waals surface area (Å²) in [7, 11) is 1.38. The highest BCUT2D eigenvalue weighted by atomic mass is 32.1. The number of rotatable bonds is 4. The van der Waals surface area contributed by atoms with Crippen molar-refractivity contribution in [2.45, 2.75) is 6.54 Å². The van der Waals surface area contributed by atoms with Gasteiger partial charge in [-0.25, -0.2) is 4.79 Å². The zero-order valence-corrected chi connectivity index (χ0v) is 10.3. The van der Waals surface area contributed by atoms with Gasteiger partial charge >= 0.3 is 5.97 Å². The van der Waals surface area contributed by atoms with Crippen molar-refractivity contribution in [1.82, 2.24) is 0 Å². The molecule has 2 aromatic rings. The third-order valence-corrected chi connectivity index (χ3v) is 3.08. The maximum atomic E-state index is 11.2. The molecule has 4 heteroatoms. The molecule has 0 amide bonds. The van der Waals surface area contributed by atoms with Crippen LogP contribution in [0.2, 0.25) is 0 Å². The number of benzene rings is 1. The molecule has 0 saturated carbocycles. The predicted molar refractivity (Wildman–Crippen MR) is 69.4 cm³/mol. The van der Waals surface area contributed by atoms with E-state index in [1.807, 2.05) is 23.6 Å². The molecule has 1 N–H and O–H groups in total. The van der Waals surface area contributed by atoms with E-state index in [0.29, 0.717) is 5.56 Å². The van der Waals surface area contributed by atoms with E-state index in [1.54, 1.807) is 23.5 Å². The fraction of sp³-hybridized carbons (Fsp3) is 0.154. The molecule has 1 heterocycles. The topological polar surface area (TPSA) is 38.3 Å². The summed E-state index contributed by atoms with van der Waals surface area (Å²) in [5.74, 6) is -0.303. The number of hydrogen-bond donors (Lipinski definition) is 1. The van der Waals surface area contributed by atoms with Gasteiger partial charge < -0.3 is 10.1 Å². The van der Waals surface area contributed by atoms with Crippen LogP contribution < -0.4 is 5.32 Å². The molecule has 0 saturated heterocycles. The largest absolute Gasteiger partial charge is 0.465 e. The molecular weight excluding hydrogens is 234 g/mol. The van der Waals surface area contributed by atoms with Crippen molar-refractivity contribution in [2.24, 2.45) is 0 Å². The zero-order chi connectivity index (χ0) is 12.1. The van der Waals surface area contributed by atoms with Crippen LogP contribution in [0.3, 0.4) is 0 Å². The predicted octanol–water partition coefficient (Wildman–Crippen LogP) is 3.15. The van der Waals surface area contributed by atoms with Crippen molar-refractivity contribution in [2.75, 3.05) is 12.4 Å². The average molecular weight is 247 g/mol. The monoisotopic (exact) mass is 247 g/mol. The highest BCUT2D eigenvalue weighted by Gasteiger charge is 2.03. The Bertz CT molecular complexity index is 477. The van der Waals surface area contributed by atoms with Crippen molar-refractivity contribution in [3.63, 3.8) is 0 Å². The van der Waals surface area contributed by atoms with Gasteiger partial charge in [-0.15, -0.1) is 0 Å². The molecule has 0 aliphatic carbocycles. The van der Waals surface area contributed by atoms with Crippen molar-refractivity contribution in [3.05, 3.63) is 52.2 Å². The minimum Gasteiger partial charge on any atom is -0.465 e. The summed E-state index contributed by atoms with van der Waals surface area (Å²) in [4.78, 5) is 11.2. The second-order valence-corrected chi connectivity index (χ2v) is 4.33. The fourth-order valence-electron chi connectivity index (χ4n) is 1.45. The smallest absolute Gasteiger partial charge is 0.337 e. The maximum absolute atomic E-state index is 11.2. The molecule has 0 bridgehead atoms. The molecule has 2 rings (SSSR count). The molecule has 0 aliphatic heterocycles. The van der Waals surface area contributed by atoms with Gasteiger partial charge in [0.2, 0.25) is 0 Å². The molecule has 0 unspecified atom stereocenters. The highest BCUT2D eigenvalue weighted by molar-refractivity contribution is 7.08. The lowest BCUT2D eigenvalue weighted by molar-refractivity contribution is 0.0600. The molecule has 88 valence electrons. The Kier molecular flexibility index (Phi) is 3.77. The fourth-order valence-corrected chi connectivity index (χ4v) is 2.06. The van der Waals surface area contributed by atoms with Crippen molar-refractivity contribution < 1.29 is 9.53 Å². The molecule has 0 fully saturated rings. The van der Waals surface area contributed by atoms with Gasteiger partial charge in [0.25, 0.3) is 0 Å². The van der Waals surface area contributed by atoms with E-state index in [1.165, 1.54) is 7.11 Å². The summed E-state index contributed by atoms with van der Waals surface area (Å²) in [6.07, 6.45) is 0. The Morgan fingerprint density at radius 1 is 1.29 bits per heavy atom. The van der Waals surface area contributed by atoms with Crippen molar-refractivity contribution >= 4 is 23.0 Å². The zero-order valence-electron chi connectivity index (χ0n) is 9.47. The van der Waals surface area contributed by atoms with Gasteiger partial charge in [0, 0.05) is 17.6 Å². The third kappa shape index (κ3) is 3.07. The number of thiophene rings is 1. The van der Waals surface area contributed by atoms with E-state index >= 15 is 0 Å². The molecule has 1 aromatic heterocycles. The Hall–Kier alpha value is -1.81. The molecule has 0 radical (unpaired) electrons. The van der Waals surface area contributed by atoms with Crippen LogP contribution in [0.4, 0.5) is 5.69 Å². The van der Waals surface area contributed by atoms with Crippen LogP contribution >= 0.6 is 11.3 Å². The minimum absolute atomic E-state index is 0.303. The SMILES string of the molecule is COC(=O)c1ccc(CNc2ccsc2)cc1.